The third-order valence-corrected chi connectivity index (χ3v) is 8.65. The molecule has 2 nitrogen and oxygen atoms in total. The van der Waals surface area contributed by atoms with Crippen molar-refractivity contribution in [1.29, 1.82) is 0 Å². The van der Waals surface area contributed by atoms with E-state index in [1.165, 1.54) is 63.5 Å². The van der Waals surface area contributed by atoms with Crippen LogP contribution in [0.5, 0.6) is 0 Å². The van der Waals surface area contributed by atoms with E-state index in [9.17, 15) is 0 Å². The summed E-state index contributed by atoms with van der Waals surface area (Å²) >= 11 is 0. The topological polar surface area (TPSA) is 18.5 Å². The molecule has 0 aliphatic carbocycles. The molecular formula is C16H36O2Si. The summed E-state index contributed by atoms with van der Waals surface area (Å²) in [5.74, 6) is 0. The summed E-state index contributed by atoms with van der Waals surface area (Å²) in [6.45, 7) is 4.56. The summed E-state index contributed by atoms with van der Waals surface area (Å²) in [6, 6.07) is 2.78. The van der Waals surface area contributed by atoms with Crippen molar-refractivity contribution in [3.05, 3.63) is 0 Å². The molecule has 0 bridgehead atoms. The lowest BCUT2D eigenvalue weighted by molar-refractivity contribution is 0.214. The largest absolute Gasteiger partial charge is 0.388 e. The molecule has 0 aliphatic rings. The Hall–Kier alpha value is 0.137. The van der Waals surface area contributed by atoms with Gasteiger partial charge in [-0.3, -0.25) is 0 Å². The molecule has 3 heteroatoms. The lowest BCUT2D eigenvalue weighted by Gasteiger charge is -2.30. The highest BCUT2D eigenvalue weighted by molar-refractivity contribution is 6.79. The average Bonchev–Trinajstić information content (AvgIpc) is 2.41. The van der Waals surface area contributed by atoms with E-state index in [0.29, 0.717) is 0 Å². The molecule has 0 atom stereocenters. The van der Waals surface area contributed by atoms with Gasteiger partial charge in [-0.2, -0.15) is 0 Å². The normalized spacial score (nSPS) is 12.0. The first-order valence-electron chi connectivity index (χ1n) is 8.22. The van der Waals surface area contributed by atoms with Gasteiger partial charge >= 0.3 is 0 Å². The van der Waals surface area contributed by atoms with Crippen LogP contribution in [0.2, 0.25) is 12.1 Å². The lowest BCUT2D eigenvalue weighted by atomic mass is 10.2. The van der Waals surface area contributed by atoms with Crippen molar-refractivity contribution in [2.75, 3.05) is 26.7 Å². The molecule has 0 aromatic carbocycles. The monoisotopic (exact) mass is 288 g/mol. The van der Waals surface area contributed by atoms with Crippen LogP contribution in [0.4, 0.5) is 0 Å². The second kappa shape index (κ2) is 13.1. The number of hydrogen-bond acceptors (Lipinski definition) is 2. The molecule has 116 valence electrons. The summed E-state index contributed by atoms with van der Waals surface area (Å²) < 4.78 is 11.1. The van der Waals surface area contributed by atoms with Gasteiger partial charge in [0.1, 0.15) is 8.07 Å². The summed E-state index contributed by atoms with van der Waals surface area (Å²) in [7, 11) is 2.37. The van der Waals surface area contributed by atoms with Gasteiger partial charge in [0.05, 0.1) is 0 Å². The van der Waals surface area contributed by atoms with Gasteiger partial charge in [0.2, 0.25) is 0 Å². The van der Waals surface area contributed by atoms with Crippen LogP contribution in [-0.2, 0) is 9.47 Å². The van der Waals surface area contributed by atoms with Crippen LogP contribution in [0.3, 0.4) is 0 Å². The Morgan fingerprint density at radius 3 is 1.37 bits per heavy atom. The Morgan fingerprint density at radius 1 is 0.632 bits per heavy atom. The molecule has 0 rings (SSSR count). The van der Waals surface area contributed by atoms with E-state index >= 15 is 0 Å². The van der Waals surface area contributed by atoms with Gasteiger partial charge in [-0.05, 0) is 0 Å². The summed E-state index contributed by atoms with van der Waals surface area (Å²) in [6.07, 6.45) is 12.9. The zero-order chi connectivity index (χ0) is 14.4. The van der Waals surface area contributed by atoms with Crippen LogP contribution in [0.25, 0.3) is 0 Å². The van der Waals surface area contributed by atoms with Crippen LogP contribution in [0.1, 0.15) is 65.2 Å². The molecule has 0 heterocycles. The number of unbranched alkanes of at least 4 members (excludes halogenated alkanes) is 6. The maximum Gasteiger partial charge on any atom is 0.113 e. The molecule has 0 N–H and O–H groups in total. The number of hydrogen-bond donors (Lipinski definition) is 0. The second-order valence-electron chi connectivity index (χ2n) is 5.99. The smallest absolute Gasteiger partial charge is 0.113 e. The Bertz CT molecular complexity index is 166. The van der Waals surface area contributed by atoms with Gasteiger partial charge in [0.25, 0.3) is 0 Å². The van der Waals surface area contributed by atoms with Crippen LogP contribution < -0.4 is 0 Å². The van der Waals surface area contributed by atoms with E-state index in [0.717, 1.165) is 12.5 Å². The molecule has 0 aliphatic heterocycles. The zero-order valence-electron chi connectivity index (χ0n) is 13.8. The third-order valence-electron chi connectivity index (χ3n) is 4.02. The van der Waals surface area contributed by atoms with Gasteiger partial charge in [-0.25, -0.2) is 0 Å². The van der Waals surface area contributed by atoms with Crippen LogP contribution in [-0.4, -0.2) is 34.8 Å². The molecule has 0 unspecified atom stereocenters. The summed E-state index contributed by atoms with van der Waals surface area (Å²) in [5, 5.41) is 0. The van der Waals surface area contributed by atoms with Gasteiger partial charge in [-0.15, -0.1) is 0 Å². The first-order valence-corrected chi connectivity index (χ1v) is 11.1. The molecule has 19 heavy (non-hydrogen) atoms. The number of rotatable bonds is 14. The number of methoxy groups -OCH3 is 2. The second-order valence-corrected chi connectivity index (χ2v) is 10.6. The van der Waals surface area contributed by atoms with Crippen molar-refractivity contribution in [2.24, 2.45) is 0 Å². The first kappa shape index (κ1) is 19.1. The lowest BCUT2D eigenvalue weighted by Crippen LogP contribution is -2.45. The quantitative estimate of drug-likeness (QED) is 0.332. The standard InChI is InChI=1S/C16H36O2Si/c1-5-7-9-11-13-19(15-17-3,16-18-4)14-12-10-8-6-2/h5-16H2,1-4H3. The maximum absolute atomic E-state index is 5.56. The first-order chi connectivity index (χ1) is 9.24. The van der Waals surface area contributed by atoms with E-state index in [1.807, 2.05) is 14.2 Å². The van der Waals surface area contributed by atoms with Crippen molar-refractivity contribution in [2.45, 2.75) is 77.3 Å². The van der Waals surface area contributed by atoms with Crippen molar-refractivity contribution in [1.82, 2.24) is 0 Å². The van der Waals surface area contributed by atoms with E-state index < -0.39 is 8.07 Å². The molecule has 0 spiro atoms. The van der Waals surface area contributed by atoms with Gasteiger partial charge in [0, 0.05) is 26.7 Å². The summed E-state index contributed by atoms with van der Waals surface area (Å²) in [4.78, 5) is 0. The van der Waals surface area contributed by atoms with Gasteiger partial charge in [-0.1, -0.05) is 77.3 Å². The van der Waals surface area contributed by atoms with Gasteiger partial charge < -0.3 is 9.47 Å². The highest BCUT2D eigenvalue weighted by atomic mass is 28.3. The number of ether oxygens (including phenoxy) is 2. The molecule has 0 saturated carbocycles. The molecule has 0 amide bonds. The molecule has 0 saturated heterocycles. The molecule has 0 aromatic rings. The van der Waals surface area contributed by atoms with Crippen LogP contribution >= 0.6 is 0 Å². The molecule has 0 aromatic heterocycles. The van der Waals surface area contributed by atoms with Gasteiger partial charge in [0.15, 0.2) is 0 Å². The summed E-state index contributed by atoms with van der Waals surface area (Å²) in [5.41, 5.74) is 0. The van der Waals surface area contributed by atoms with Crippen molar-refractivity contribution >= 4 is 8.07 Å². The Balaban J connectivity index is 4.22. The fourth-order valence-electron chi connectivity index (χ4n) is 2.92. The Kier molecular flexibility index (Phi) is 13.2. The molecule has 0 radical (unpaired) electrons. The van der Waals surface area contributed by atoms with E-state index in [-0.39, 0.29) is 0 Å². The highest BCUT2D eigenvalue weighted by Gasteiger charge is 2.32. The fraction of sp³-hybridized carbons (Fsp3) is 1.00. The predicted molar refractivity (Wildman–Crippen MR) is 87.4 cm³/mol. The molecule has 0 fully saturated rings. The van der Waals surface area contributed by atoms with Crippen LogP contribution in [0.15, 0.2) is 0 Å². The minimum Gasteiger partial charge on any atom is -0.388 e. The molecular weight excluding hydrogens is 252 g/mol. The van der Waals surface area contributed by atoms with Crippen LogP contribution in [0, 0.1) is 0 Å². The van der Waals surface area contributed by atoms with E-state index in [2.05, 4.69) is 13.8 Å². The zero-order valence-corrected chi connectivity index (χ0v) is 14.8. The highest BCUT2D eigenvalue weighted by Crippen LogP contribution is 2.24. The third kappa shape index (κ3) is 9.64. The minimum absolute atomic E-state index is 0.985. The van der Waals surface area contributed by atoms with E-state index in [1.54, 1.807) is 0 Å². The average molecular weight is 289 g/mol. The van der Waals surface area contributed by atoms with E-state index in [4.69, 9.17) is 9.47 Å². The minimum atomic E-state index is -1.34. The van der Waals surface area contributed by atoms with Crippen molar-refractivity contribution in [3.8, 4) is 0 Å². The Morgan fingerprint density at radius 2 is 1.05 bits per heavy atom. The predicted octanol–water partition coefficient (Wildman–Crippen LogP) is 4.97. The van der Waals surface area contributed by atoms with Crippen molar-refractivity contribution in [3.63, 3.8) is 0 Å². The maximum atomic E-state index is 5.56. The van der Waals surface area contributed by atoms with Crippen molar-refractivity contribution < 1.29 is 9.47 Å². The Labute approximate surface area is 122 Å². The fourth-order valence-corrected chi connectivity index (χ4v) is 7.06. The SMILES string of the molecule is CCCCCC[Si](CCCCCC)(COC)COC.